The van der Waals surface area contributed by atoms with Crippen LogP contribution in [0.15, 0.2) is 23.1 Å². The van der Waals surface area contributed by atoms with E-state index in [2.05, 4.69) is 0 Å². The number of carbonyl (C=O) groups excluding carboxylic acids is 1. The molecule has 0 radical (unpaired) electrons. The van der Waals surface area contributed by atoms with Crippen LogP contribution in [0.2, 0.25) is 5.02 Å². The third-order valence-electron chi connectivity index (χ3n) is 2.64. The third-order valence-corrected chi connectivity index (χ3v) is 4.03. The van der Waals surface area contributed by atoms with Gasteiger partial charge < -0.3 is 9.47 Å². The van der Waals surface area contributed by atoms with E-state index in [9.17, 15) is 13.2 Å². The van der Waals surface area contributed by atoms with Crippen molar-refractivity contribution in [3.05, 3.63) is 28.8 Å². The number of halogens is 1. The Balaban J connectivity index is 2.23. The molecule has 2 N–H and O–H groups in total. The molecule has 1 saturated heterocycles. The largest absolute Gasteiger partial charge is 0.456 e. The first kappa shape index (κ1) is 14.3. The van der Waals surface area contributed by atoms with Gasteiger partial charge in [0.2, 0.25) is 10.0 Å². The second kappa shape index (κ2) is 5.46. The van der Waals surface area contributed by atoms with Crippen LogP contribution in [-0.2, 0) is 19.5 Å². The second-order valence-electron chi connectivity index (χ2n) is 4.08. The summed E-state index contributed by atoms with van der Waals surface area (Å²) < 4.78 is 32.8. The fourth-order valence-corrected chi connectivity index (χ4v) is 2.74. The van der Waals surface area contributed by atoms with Gasteiger partial charge in [-0.2, -0.15) is 0 Å². The maximum Gasteiger partial charge on any atom is 0.338 e. The number of esters is 1. The highest BCUT2D eigenvalue weighted by Gasteiger charge is 2.22. The van der Waals surface area contributed by atoms with Crippen molar-refractivity contribution in [3.8, 4) is 0 Å². The fourth-order valence-electron chi connectivity index (χ4n) is 1.67. The Kier molecular flexibility index (Phi) is 4.10. The van der Waals surface area contributed by atoms with Gasteiger partial charge in [-0.05, 0) is 18.2 Å². The van der Waals surface area contributed by atoms with Gasteiger partial charge in [0.05, 0.1) is 23.8 Å². The molecular formula is C11H12ClNO5S. The molecule has 2 rings (SSSR count). The van der Waals surface area contributed by atoms with Crippen LogP contribution in [0.5, 0.6) is 0 Å². The summed E-state index contributed by atoms with van der Waals surface area (Å²) in [5.41, 5.74) is 0.0836. The minimum atomic E-state index is -3.98. The molecule has 0 aliphatic carbocycles. The summed E-state index contributed by atoms with van der Waals surface area (Å²) in [6, 6.07) is 3.79. The molecule has 19 heavy (non-hydrogen) atoms. The van der Waals surface area contributed by atoms with E-state index in [-0.39, 0.29) is 21.6 Å². The zero-order valence-corrected chi connectivity index (χ0v) is 11.4. The van der Waals surface area contributed by atoms with Crippen molar-refractivity contribution in [2.75, 3.05) is 13.2 Å². The Bertz CT molecular complexity index is 595. The van der Waals surface area contributed by atoms with Gasteiger partial charge in [-0.1, -0.05) is 11.6 Å². The van der Waals surface area contributed by atoms with Gasteiger partial charge in [0.25, 0.3) is 0 Å². The first-order chi connectivity index (χ1) is 8.88. The maximum atomic E-state index is 11.8. The van der Waals surface area contributed by atoms with Gasteiger partial charge in [-0.15, -0.1) is 0 Å². The molecule has 6 nitrogen and oxygen atoms in total. The molecule has 0 spiro atoms. The van der Waals surface area contributed by atoms with Crippen molar-refractivity contribution < 1.29 is 22.7 Å². The summed E-state index contributed by atoms with van der Waals surface area (Å²) in [4.78, 5) is 11.5. The fraction of sp³-hybridized carbons (Fsp3) is 0.364. The van der Waals surface area contributed by atoms with E-state index in [1.807, 2.05) is 0 Å². The summed E-state index contributed by atoms with van der Waals surface area (Å²) in [7, 11) is -3.98. The predicted octanol–water partition coefficient (Wildman–Crippen LogP) is 0.933. The van der Waals surface area contributed by atoms with Crippen LogP contribution in [0.4, 0.5) is 0 Å². The zero-order chi connectivity index (χ0) is 14.0. The number of rotatable bonds is 3. The van der Waals surface area contributed by atoms with Gasteiger partial charge in [0, 0.05) is 6.42 Å². The van der Waals surface area contributed by atoms with Crippen molar-refractivity contribution >= 4 is 27.6 Å². The maximum absolute atomic E-state index is 11.8. The van der Waals surface area contributed by atoms with Gasteiger partial charge in [0.1, 0.15) is 11.0 Å². The van der Waals surface area contributed by atoms with E-state index in [0.29, 0.717) is 19.6 Å². The van der Waals surface area contributed by atoms with E-state index in [4.69, 9.17) is 26.2 Å². The third kappa shape index (κ3) is 3.44. The Hall–Kier alpha value is -1.15. The molecule has 0 bridgehead atoms. The summed E-state index contributed by atoms with van der Waals surface area (Å²) in [5.74, 6) is -0.628. The normalized spacial score (nSPS) is 19.4. The smallest absolute Gasteiger partial charge is 0.338 e. The van der Waals surface area contributed by atoms with Gasteiger partial charge in [0.15, 0.2) is 0 Å². The van der Waals surface area contributed by atoms with Gasteiger partial charge in [-0.25, -0.2) is 18.4 Å². The summed E-state index contributed by atoms with van der Waals surface area (Å²) in [6.07, 6.45) is 0.322. The number of sulfonamides is 1. The van der Waals surface area contributed by atoms with Crippen molar-refractivity contribution in [1.29, 1.82) is 0 Å². The molecule has 104 valence electrons. The number of carbonyl (C=O) groups is 1. The number of ether oxygens (including phenoxy) is 2. The van der Waals surface area contributed by atoms with E-state index in [1.165, 1.54) is 12.1 Å². The Morgan fingerprint density at radius 1 is 1.47 bits per heavy atom. The molecule has 1 aliphatic heterocycles. The van der Waals surface area contributed by atoms with Crippen molar-refractivity contribution in [3.63, 3.8) is 0 Å². The molecule has 1 aliphatic rings. The van der Waals surface area contributed by atoms with Gasteiger partial charge >= 0.3 is 5.97 Å². The van der Waals surface area contributed by atoms with Crippen LogP contribution in [0.25, 0.3) is 0 Å². The number of nitrogens with two attached hydrogens (primary N) is 1. The molecule has 1 heterocycles. The lowest BCUT2D eigenvalue weighted by molar-refractivity contribution is 0.0270. The Morgan fingerprint density at radius 2 is 2.21 bits per heavy atom. The highest BCUT2D eigenvalue weighted by atomic mass is 35.5. The lowest BCUT2D eigenvalue weighted by Crippen LogP contribution is -2.19. The topological polar surface area (TPSA) is 95.7 Å². The van der Waals surface area contributed by atoms with Crippen LogP contribution in [0.1, 0.15) is 16.8 Å². The number of hydrogen-bond donors (Lipinski definition) is 1. The van der Waals surface area contributed by atoms with Crippen molar-refractivity contribution in [2.45, 2.75) is 17.4 Å². The predicted molar refractivity (Wildman–Crippen MR) is 67.5 cm³/mol. The van der Waals surface area contributed by atoms with E-state index in [0.717, 1.165) is 6.07 Å². The summed E-state index contributed by atoms with van der Waals surface area (Å²) >= 11 is 5.72. The van der Waals surface area contributed by atoms with Crippen molar-refractivity contribution in [2.24, 2.45) is 5.14 Å². The summed E-state index contributed by atoms with van der Waals surface area (Å²) in [6.45, 7) is 0.891. The Labute approximate surface area is 115 Å². The standard InChI is InChI=1S/C11H12ClNO5S/c12-9-2-1-7(5-10(9)19(13,15)16)11(14)18-8-3-4-17-6-8/h1-2,5,8H,3-4,6H2,(H2,13,15,16). The molecule has 1 fully saturated rings. The molecule has 1 unspecified atom stereocenters. The van der Waals surface area contributed by atoms with Crippen molar-refractivity contribution in [1.82, 2.24) is 0 Å². The quantitative estimate of drug-likeness (QED) is 0.838. The molecule has 0 aromatic heterocycles. The van der Waals surface area contributed by atoms with E-state index >= 15 is 0 Å². The highest BCUT2D eigenvalue weighted by Crippen LogP contribution is 2.22. The second-order valence-corrected chi connectivity index (χ2v) is 6.02. The first-order valence-electron chi connectivity index (χ1n) is 5.49. The summed E-state index contributed by atoms with van der Waals surface area (Å²) in [5, 5.41) is 4.97. The monoisotopic (exact) mass is 305 g/mol. The SMILES string of the molecule is NS(=O)(=O)c1cc(C(=O)OC2CCOC2)ccc1Cl. The van der Waals surface area contributed by atoms with Crippen LogP contribution in [-0.4, -0.2) is 33.7 Å². The van der Waals surface area contributed by atoms with Crippen LogP contribution >= 0.6 is 11.6 Å². The minimum absolute atomic E-state index is 0.0387. The molecule has 0 amide bonds. The molecular weight excluding hydrogens is 294 g/mol. The number of hydrogen-bond acceptors (Lipinski definition) is 5. The van der Waals surface area contributed by atoms with Crippen LogP contribution < -0.4 is 5.14 Å². The average molecular weight is 306 g/mol. The lowest BCUT2D eigenvalue weighted by Gasteiger charge is -2.11. The highest BCUT2D eigenvalue weighted by molar-refractivity contribution is 7.89. The van der Waals surface area contributed by atoms with Gasteiger partial charge in [-0.3, -0.25) is 0 Å². The molecule has 1 aromatic carbocycles. The molecule has 1 atom stereocenters. The van der Waals surface area contributed by atoms with E-state index < -0.39 is 16.0 Å². The number of benzene rings is 1. The Morgan fingerprint density at radius 3 is 2.79 bits per heavy atom. The van der Waals surface area contributed by atoms with E-state index in [1.54, 1.807) is 0 Å². The molecule has 1 aromatic rings. The zero-order valence-electron chi connectivity index (χ0n) is 9.84. The van der Waals surface area contributed by atoms with Crippen LogP contribution in [0, 0.1) is 0 Å². The first-order valence-corrected chi connectivity index (χ1v) is 7.41. The molecule has 0 saturated carbocycles. The van der Waals surface area contributed by atoms with Crippen LogP contribution in [0.3, 0.4) is 0 Å². The number of primary sulfonamides is 1. The minimum Gasteiger partial charge on any atom is -0.456 e. The molecule has 8 heteroatoms. The average Bonchev–Trinajstić information content (AvgIpc) is 2.80. The lowest BCUT2D eigenvalue weighted by atomic mass is 10.2.